The number of benzene rings is 2. The van der Waals surface area contributed by atoms with Crippen LogP contribution in [0.4, 0.5) is 0 Å². The zero-order valence-electron chi connectivity index (χ0n) is 19.0. The van der Waals surface area contributed by atoms with E-state index in [1.54, 1.807) is 29.2 Å². The van der Waals surface area contributed by atoms with Crippen LogP contribution in [0.1, 0.15) is 41.6 Å². The summed E-state index contributed by atoms with van der Waals surface area (Å²) >= 11 is 0. The molecule has 0 aliphatic rings. The Morgan fingerprint density at radius 3 is 2.53 bits per heavy atom. The number of nitrogens with one attached hydrogen (secondary N) is 2. The van der Waals surface area contributed by atoms with Crippen molar-refractivity contribution in [2.24, 2.45) is 5.92 Å². The smallest absolute Gasteiger partial charge is 0.258 e. The minimum Gasteiger partial charge on any atom is -0.342 e. The van der Waals surface area contributed by atoms with Gasteiger partial charge in [-0.3, -0.25) is 14.6 Å². The Kier molecular flexibility index (Phi) is 5.67. The third-order valence-electron chi connectivity index (χ3n) is 5.97. The van der Waals surface area contributed by atoms with E-state index >= 15 is 0 Å². The predicted octanol–water partition coefficient (Wildman–Crippen LogP) is 4.45. The maximum atomic E-state index is 13.6. The molecule has 34 heavy (non-hydrogen) atoms. The summed E-state index contributed by atoms with van der Waals surface area (Å²) in [5.74, 6) is 0.546. The Labute approximate surface area is 196 Å². The van der Waals surface area contributed by atoms with Crippen molar-refractivity contribution >= 4 is 27.7 Å². The second kappa shape index (κ2) is 8.94. The monoisotopic (exact) mass is 451 g/mol. The van der Waals surface area contributed by atoms with Crippen LogP contribution in [0, 0.1) is 5.92 Å². The first-order valence-electron chi connectivity index (χ1n) is 11.3. The summed E-state index contributed by atoms with van der Waals surface area (Å²) in [6, 6.07) is 18.4. The van der Waals surface area contributed by atoms with E-state index in [1.165, 1.54) is 0 Å². The molecule has 1 amide bonds. The van der Waals surface area contributed by atoms with Crippen LogP contribution >= 0.6 is 0 Å². The van der Waals surface area contributed by atoms with Crippen molar-refractivity contribution in [3.05, 3.63) is 107 Å². The van der Waals surface area contributed by atoms with Crippen molar-refractivity contribution < 1.29 is 4.79 Å². The van der Waals surface area contributed by atoms with Crippen molar-refractivity contribution in [3.63, 3.8) is 0 Å². The zero-order valence-corrected chi connectivity index (χ0v) is 19.0. The number of pyridine rings is 2. The quantitative estimate of drug-likeness (QED) is 0.399. The lowest BCUT2D eigenvalue weighted by Crippen LogP contribution is -2.34. The van der Waals surface area contributed by atoms with Crippen LogP contribution in [-0.2, 0) is 6.54 Å². The third kappa shape index (κ3) is 4.08. The van der Waals surface area contributed by atoms with Gasteiger partial charge < -0.3 is 14.9 Å². The third-order valence-corrected chi connectivity index (χ3v) is 5.97. The summed E-state index contributed by atoms with van der Waals surface area (Å²) in [7, 11) is 0. The molecule has 0 saturated carbocycles. The van der Waals surface area contributed by atoms with Crippen molar-refractivity contribution in [1.29, 1.82) is 0 Å². The van der Waals surface area contributed by atoms with E-state index in [-0.39, 0.29) is 23.4 Å². The highest BCUT2D eigenvalue weighted by molar-refractivity contribution is 6.06. The van der Waals surface area contributed by atoms with Gasteiger partial charge in [0.1, 0.15) is 5.82 Å². The van der Waals surface area contributed by atoms with Crippen LogP contribution in [0.3, 0.4) is 0 Å². The van der Waals surface area contributed by atoms with Gasteiger partial charge in [0, 0.05) is 29.4 Å². The second-order valence-electron chi connectivity index (χ2n) is 8.72. The minimum absolute atomic E-state index is 0.0945. The number of fused-ring (bicyclic) bond motifs is 2. The number of hydrogen-bond acceptors (Lipinski definition) is 4. The van der Waals surface area contributed by atoms with Crippen molar-refractivity contribution in [3.8, 4) is 0 Å². The first-order chi connectivity index (χ1) is 16.5. The van der Waals surface area contributed by atoms with E-state index in [9.17, 15) is 9.59 Å². The van der Waals surface area contributed by atoms with Crippen LogP contribution in [-0.4, -0.2) is 25.4 Å². The minimum atomic E-state index is -0.322. The number of para-hydroxylation sites is 2. The predicted molar refractivity (Wildman–Crippen MR) is 133 cm³/mol. The Bertz CT molecular complexity index is 1500. The molecule has 0 fully saturated rings. The molecule has 0 unspecified atom stereocenters. The van der Waals surface area contributed by atoms with Gasteiger partial charge >= 0.3 is 0 Å². The lowest BCUT2D eigenvalue weighted by atomic mass is 10.0. The molecular formula is C27H25N5O2. The standard InChI is InChI=1S/C27H25N5O2/c1-17(2)24(25-29-22-11-5-6-12-23(22)30-25)31-26(33)21-16-32(15-18-8-7-13-28-14-18)27(34)20-10-4-3-9-19(20)21/h3-14,16-17,24H,15H2,1-2H3,(H,29,30)(H,31,33)/t24-/m1/s1. The number of nitrogens with zero attached hydrogens (tertiary/aromatic N) is 3. The number of hydrogen-bond donors (Lipinski definition) is 2. The molecule has 170 valence electrons. The van der Waals surface area contributed by atoms with E-state index in [0.29, 0.717) is 28.7 Å². The number of carbonyl (C=O) groups is 1. The van der Waals surface area contributed by atoms with E-state index in [1.807, 2.05) is 68.4 Å². The van der Waals surface area contributed by atoms with Gasteiger partial charge in [0.25, 0.3) is 11.5 Å². The first-order valence-corrected chi connectivity index (χ1v) is 11.3. The summed E-state index contributed by atoms with van der Waals surface area (Å²) in [5.41, 5.74) is 2.96. The van der Waals surface area contributed by atoms with E-state index in [2.05, 4.69) is 15.3 Å². The van der Waals surface area contributed by atoms with Gasteiger partial charge in [-0.05, 0) is 35.7 Å². The Balaban J connectivity index is 1.55. The van der Waals surface area contributed by atoms with Gasteiger partial charge in [-0.1, -0.05) is 50.2 Å². The fourth-order valence-corrected chi connectivity index (χ4v) is 4.22. The van der Waals surface area contributed by atoms with Crippen LogP contribution in [0.5, 0.6) is 0 Å². The number of H-pyrrole nitrogens is 1. The van der Waals surface area contributed by atoms with Crippen molar-refractivity contribution in [2.45, 2.75) is 26.4 Å². The second-order valence-corrected chi connectivity index (χ2v) is 8.72. The molecule has 0 spiro atoms. The van der Waals surface area contributed by atoms with Gasteiger partial charge in [-0.25, -0.2) is 4.98 Å². The lowest BCUT2D eigenvalue weighted by molar-refractivity contribution is 0.0924. The lowest BCUT2D eigenvalue weighted by Gasteiger charge is -2.21. The molecule has 3 heterocycles. The van der Waals surface area contributed by atoms with Crippen LogP contribution in [0.15, 0.2) is 84.0 Å². The van der Waals surface area contributed by atoms with Crippen molar-refractivity contribution in [1.82, 2.24) is 24.8 Å². The van der Waals surface area contributed by atoms with Crippen LogP contribution in [0.25, 0.3) is 21.8 Å². The van der Waals surface area contributed by atoms with Gasteiger partial charge in [0.05, 0.1) is 29.2 Å². The molecule has 0 bridgehead atoms. The highest BCUT2D eigenvalue weighted by Gasteiger charge is 2.24. The Morgan fingerprint density at radius 1 is 1.03 bits per heavy atom. The molecule has 7 nitrogen and oxygen atoms in total. The molecule has 7 heteroatoms. The van der Waals surface area contributed by atoms with Gasteiger partial charge in [0.15, 0.2) is 0 Å². The number of rotatable bonds is 6. The van der Waals surface area contributed by atoms with E-state index in [4.69, 9.17) is 4.98 Å². The molecule has 0 aliphatic heterocycles. The molecule has 0 aliphatic carbocycles. The summed E-state index contributed by atoms with van der Waals surface area (Å²) in [6.07, 6.45) is 5.05. The average Bonchev–Trinajstić information content (AvgIpc) is 3.28. The number of amides is 1. The Morgan fingerprint density at radius 2 is 1.79 bits per heavy atom. The molecule has 1 atom stereocenters. The maximum absolute atomic E-state index is 13.6. The summed E-state index contributed by atoms with van der Waals surface area (Å²) in [4.78, 5) is 38.9. The zero-order chi connectivity index (χ0) is 23.7. The molecule has 2 aromatic carbocycles. The molecule has 0 radical (unpaired) electrons. The number of aromatic nitrogens is 4. The van der Waals surface area contributed by atoms with Crippen LogP contribution in [0.2, 0.25) is 0 Å². The van der Waals surface area contributed by atoms with Crippen LogP contribution < -0.4 is 10.9 Å². The molecule has 2 N–H and O–H groups in total. The molecule has 3 aromatic heterocycles. The Hall–Kier alpha value is -4.26. The fourth-order valence-electron chi connectivity index (χ4n) is 4.22. The fraction of sp³-hybridized carbons (Fsp3) is 0.185. The first kappa shape index (κ1) is 21.6. The molecule has 0 saturated heterocycles. The molecule has 5 aromatic rings. The number of carbonyl (C=O) groups excluding carboxylic acids is 1. The largest absolute Gasteiger partial charge is 0.342 e. The summed E-state index contributed by atoms with van der Waals surface area (Å²) in [6.45, 7) is 4.41. The SMILES string of the molecule is CC(C)[C@@H](NC(=O)c1cn(Cc2cccnc2)c(=O)c2ccccc12)c1nc2ccccc2[nH]1. The van der Waals surface area contributed by atoms with Crippen molar-refractivity contribution in [2.75, 3.05) is 0 Å². The van der Waals surface area contributed by atoms with Gasteiger partial charge in [0.2, 0.25) is 0 Å². The number of aromatic amines is 1. The summed E-state index contributed by atoms with van der Waals surface area (Å²) < 4.78 is 1.57. The topological polar surface area (TPSA) is 92.7 Å². The highest BCUT2D eigenvalue weighted by Crippen LogP contribution is 2.24. The molecular weight excluding hydrogens is 426 g/mol. The molecule has 5 rings (SSSR count). The highest BCUT2D eigenvalue weighted by atomic mass is 16.2. The average molecular weight is 452 g/mol. The van der Waals surface area contributed by atoms with Gasteiger partial charge in [-0.2, -0.15) is 0 Å². The van der Waals surface area contributed by atoms with Gasteiger partial charge in [-0.15, -0.1) is 0 Å². The van der Waals surface area contributed by atoms with E-state index < -0.39 is 0 Å². The van der Waals surface area contributed by atoms with E-state index in [0.717, 1.165) is 16.6 Å². The summed E-state index contributed by atoms with van der Waals surface area (Å²) in [5, 5.41) is 4.28. The normalized spacial score (nSPS) is 12.3. The number of imidazole rings is 1. The maximum Gasteiger partial charge on any atom is 0.258 e.